The van der Waals surface area contributed by atoms with Crippen molar-refractivity contribution in [2.75, 3.05) is 35.4 Å². The molecule has 102 valence electrons. The first-order valence-electron chi connectivity index (χ1n) is 5.39. The molecule has 1 N–H and O–H groups in total. The highest BCUT2D eigenvalue weighted by Gasteiger charge is 2.15. The van der Waals surface area contributed by atoms with Gasteiger partial charge in [0.2, 0.25) is 10.0 Å². The third-order valence-electron chi connectivity index (χ3n) is 2.25. The number of nitrogens with one attached hydrogen (secondary N) is 1. The summed E-state index contributed by atoms with van der Waals surface area (Å²) in [6, 6.07) is 5.10. The first kappa shape index (κ1) is 15.4. The zero-order chi connectivity index (χ0) is 13.8. The molecule has 0 saturated carbocycles. The van der Waals surface area contributed by atoms with Gasteiger partial charge in [0.15, 0.2) is 0 Å². The standard InChI is InChI=1S/C11H16Cl2N2O2S/c1-15(2)11-9(13)5-3-6-10(11)14-18(16,17)8-4-7-12/h3,5-6,14H,4,7-8H2,1-2H3. The molecule has 7 heteroatoms. The van der Waals surface area contributed by atoms with Crippen LogP contribution in [0.15, 0.2) is 18.2 Å². The molecule has 1 aromatic carbocycles. The second kappa shape index (κ2) is 6.50. The molecule has 0 atom stereocenters. The van der Waals surface area contributed by atoms with Crippen LogP contribution in [0.25, 0.3) is 0 Å². The number of benzene rings is 1. The van der Waals surface area contributed by atoms with Crippen LogP contribution in [0.2, 0.25) is 5.02 Å². The summed E-state index contributed by atoms with van der Waals surface area (Å²) in [7, 11) is 0.217. The minimum absolute atomic E-state index is 0.00409. The van der Waals surface area contributed by atoms with Crippen molar-refractivity contribution < 1.29 is 8.42 Å². The Morgan fingerprint density at radius 3 is 2.56 bits per heavy atom. The van der Waals surface area contributed by atoms with E-state index in [0.29, 0.717) is 28.7 Å². The highest BCUT2D eigenvalue weighted by molar-refractivity contribution is 7.92. The largest absolute Gasteiger partial charge is 0.375 e. The van der Waals surface area contributed by atoms with Crippen molar-refractivity contribution in [3.8, 4) is 0 Å². The van der Waals surface area contributed by atoms with Gasteiger partial charge in [-0.05, 0) is 18.6 Å². The maximum Gasteiger partial charge on any atom is 0.232 e. The molecule has 0 saturated heterocycles. The van der Waals surface area contributed by atoms with E-state index in [1.807, 2.05) is 0 Å². The summed E-state index contributed by atoms with van der Waals surface area (Å²) in [6.45, 7) is 0. The summed E-state index contributed by atoms with van der Waals surface area (Å²) in [5, 5.41) is 0.498. The summed E-state index contributed by atoms with van der Waals surface area (Å²) >= 11 is 11.6. The number of anilines is 2. The zero-order valence-corrected chi connectivity index (χ0v) is 12.6. The topological polar surface area (TPSA) is 49.4 Å². The van der Waals surface area contributed by atoms with Crippen LogP contribution in [0.5, 0.6) is 0 Å². The van der Waals surface area contributed by atoms with Gasteiger partial charge < -0.3 is 4.90 Å². The van der Waals surface area contributed by atoms with Gasteiger partial charge in [-0.3, -0.25) is 4.72 Å². The van der Waals surface area contributed by atoms with Crippen molar-refractivity contribution >= 4 is 44.6 Å². The van der Waals surface area contributed by atoms with Gasteiger partial charge in [-0.2, -0.15) is 0 Å². The molecule has 4 nitrogen and oxygen atoms in total. The van der Waals surface area contributed by atoms with Gasteiger partial charge in [-0.25, -0.2) is 8.42 Å². The van der Waals surface area contributed by atoms with Crippen molar-refractivity contribution in [3.63, 3.8) is 0 Å². The van der Waals surface area contributed by atoms with Crippen LogP contribution in [0.4, 0.5) is 11.4 Å². The van der Waals surface area contributed by atoms with Crippen molar-refractivity contribution in [2.24, 2.45) is 0 Å². The molecule has 0 aromatic heterocycles. The first-order valence-corrected chi connectivity index (χ1v) is 7.96. The Kier molecular flexibility index (Phi) is 5.56. The number of rotatable bonds is 6. The predicted molar refractivity (Wildman–Crippen MR) is 78.5 cm³/mol. The van der Waals surface area contributed by atoms with Crippen LogP contribution in [0.3, 0.4) is 0 Å². The summed E-state index contributed by atoms with van der Waals surface area (Å²) in [5.74, 6) is 0.312. The third kappa shape index (κ3) is 4.23. The Morgan fingerprint density at radius 1 is 1.33 bits per heavy atom. The lowest BCUT2D eigenvalue weighted by molar-refractivity contribution is 0.600. The Balaban J connectivity index is 3.01. The average Bonchev–Trinajstić information content (AvgIpc) is 2.25. The molecule has 1 rings (SSSR count). The number of halogens is 2. The van der Waals surface area contributed by atoms with Gasteiger partial charge in [0.1, 0.15) is 0 Å². The molecule has 0 aliphatic heterocycles. The Bertz CT molecular complexity index is 504. The molecule has 0 unspecified atom stereocenters. The molecule has 1 aromatic rings. The van der Waals surface area contributed by atoms with E-state index in [1.54, 1.807) is 37.2 Å². The zero-order valence-electron chi connectivity index (χ0n) is 10.3. The van der Waals surface area contributed by atoms with Gasteiger partial charge in [-0.15, -0.1) is 11.6 Å². The molecule has 0 aliphatic rings. The highest BCUT2D eigenvalue weighted by atomic mass is 35.5. The number of hydrogen-bond donors (Lipinski definition) is 1. The molecule has 0 bridgehead atoms. The fourth-order valence-electron chi connectivity index (χ4n) is 1.52. The van der Waals surface area contributed by atoms with Crippen LogP contribution >= 0.6 is 23.2 Å². The summed E-state index contributed by atoms with van der Waals surface area (Å²) < 4.78 is 26.2. The first-order chi connectivity index (χ1) is 8.37. The molecule has 0 radical (unpaired) electrons. The van der Waals surface area contributed by atoms with Gasteiger partial charge >= 0.3 is 0 Å². The van der Waals surface area contributed by atoms with Crippen LogP contribution in [0.1, 0.15) is 6.42 Å². The summed E-state index contributed by atoms with van der Waals surface area (Å²) in [5.41, 5.74) is 1.12. The maximum absolute atomic E-state index is 11.8. The Labute approximate surface area is 118 Å². The second-order valence-electron chi connectivity index (χ2n) is 3.99. The van der Waals surface area contributed by atoms with Crippen molar-refractivity contribution in [3.05, 3.63) is 23.2 Å². The lowest BCUT2D eigenvalue weighted by atomic mass is 10.2. The molecule has 18 heavy (non-hydrogen) atoms. The van der Waals surface area contributed by atoms with Crippen molar-refractivity contribution in [2.45, 2.75) is 6.42 Å². The number of alkyl halides is 1. The average molecular weight is 311 g/mol. The minimum atomic E-state index is -3.39. The van der Waals surface area contributed by atoms with E-state index in [-0.39, 0.29) is 5.75 Å². The second-order valence-corrected chi connectivity index (χ2v) is 6.62. The number of para-hydroxylation sites is 1. The molecule has 0 heterocycles. The summed E-state index contributed by atoms with van der Waals surface area (Å²) in [6.07, 6.45) is 0.411. The predicted octanol–water partition coefficient (Wildman–Crippen LogP) is 2.78. The molecule has 0 spiro atoms. The number of nitrogens with zero attached hydrogens (tertiary/aromatic N) is 1. The highest BCUT2D eigenvalue weighted by Crippen LogP contribution is 2.33. The van der Waals surface area contributed by atoms with Gasteiger partial charge in [0.05, 0.1) is 22.2 Å². The summed E-state index contributed by atoms with van der Waals surface area (Å²) in [4.78, 5) is 1.77. The smallest absolute Gasteiger partial charge is 0.232 e. The Hall–Kier alpha value is -0.650. The van der Waals surface area contributed by atoms with Gasteiger partial charge in [0.25, 0.3) is 0 Å². The quantitative estimate of drug-likeness (QED) is 0.822. The van der Waals surface area contributed by atoms with Crippen molar-refractivity contribution in [1.29, 1.82) is 0 Å². The van der Waals surface area contributed by atoms with Crippen LogP contribution in [-0.4, -0.2) is 34.1 Å². The lowest BCUT2D eigenvalue weighted by Crippen LogP contribution is -2.20. The Morgan fingerprint density at radius 2 is 2.00 bits per heavy atom. The van der Waals surface area contributed by atoms with Gasteiger partial charge in [-0.1, -0.05) is 17.7 Å². The third-order valence-corrected chi connectivity index (χ3v) is 4.18. The van der Waals surface area contributed by atoms with Crippen LogP contribution in [-0.2, 0) is 10.0 Å². The lowest BCUT2D eigenvalue weighted by Gasteiger charge is -2.19. The van der Waals surface area contributed by atoms with Crippen LogP contribution < -0.4 is 9.62 Å². The van der Waals surface area contributed by atoms with E-state index in [4.69, 9.17) is 23.2 Å². The van der Waals surface area contributed by atoms with E-state index in [1.165, 1.54) is 0 Å². The molecular weight excluding hydrogens is 295 g/mol. The van der Waals surface area contributed by atoms with Crippen LogP contribution in [0, 0.1) is 0 Å². The molecule has 0 aliphatic carbocycles. The van der Waals surface area contributed by atoms with E-state index in [0.717, 1.165) is 0 Å². The fraction of sp³-hybridized carbons (Fsp3) is 0.455. The van der Waals surface area contributed by atoms with Gasteiger partial charge in [0, 0.05) is 20.0 Å². The van der Waals surface area contributed by atoms with Crippen molar-refractivity contribution in [1.82, 2.24) is 0 Å². The number of hydrogen-bond acceptors (Lipinski definition) is 3. The molecule has 0 amide bonds. The van der Waals surface area contributed by atoms with E-state index in [2.05, 4.69) is 4.72 Å². The minimum Gasteiger partial charge on any atom is -0.375 e. The molecule has 0 fully saturated rings. The van der Waals surface area contributed by atoms with E-state index in [9.17, 15) is 8.42 Å². The number of sulfonamides is 1. The van der Waals surface area contributed by atoms with E-state index < -0.39 is 10.0 Å². The molecular formula is C11H16Cl2N2O2S. The fourth-order valence-corrected chi connectivity index (χ4v) is 3.28. The maximum atomic E-state index is 11.8. The monoisotopic (exact) mass is 310 g/mol. The SMILES string of the molecule is CN(C)c1c(Cl)cccc1NS(=O)(=O)CCCCl. The van der Waals surface area contributed by atoms with E-state index >= 15 is 0 Å². The normalized spacial score (nSPS) is 11.3.